The molecule has 9 heavy (non-hydrogen) atoms. The van der Waals surface area contributed by atoms with Crippen molar-refractivity contribution in [3.05, 3.63) is 24.3 Å². The Morgan fingerprint density at radius 2 is 2.00 bits per heavy atom. The minimum atomic E-state index is -0.914. The molecule has 0 spiro atoms. The quantitative estimate of drug-likeness (QED) is 0.431. The summed E-state index contributed by atoms with van der Waals surface area (Å²) in [6, 6.07) is 0. The van der Waals surface area contributed by atoms with Crippen LogP contribution in [-0.2, 0) is 27.2 Å². The van der Waals surface area contributed by atoms with Crippen molar-refractivity contribution in [1.82, 2.24) is 0 Å². The molecule has 0 aliphatic heterocycles. The van der Waals surface area contributed by atoms with Gasteiger partial charge in [-0.25, -0.2) is 4.79 Å². The topological polar surface area (TPSA) is 37.3 Å². The average molecular weight is 220 g/mol. The molecule has 3 heteroatoms. The number of carboxylic acid groups (broad SMARTS) is 1. The Morgan fingerprint density at radius 3 is 2.33 bits per heavy atom. The molecule has 2 nitrogen and oxygen atoms in total. The van der Waals surface area contributed by atoms with Crippen LogP contribution in [0.3, 0.4) is 0 Å². The molecular weight excluding hydrogens is 212 g/mol. The largest absolute Gasteiger partial charge is 0.478 e. The van der Waals surface area contributed by atoms with E-state index in [0.29, 0.717) is 0 Å². The smallest absolute Gasteiger partial charge is 0.328 e. The fraction of sp³-hybridized carbons (Fsp3) is 0.167. The average Bonchev–Trinajstić information content (AvgIpc) is 1.66. The predicted molar refractivity (Wildman–Crippen MR) is 31.6 cm³/mol. The second-order valence-corrected chi connectivity index (χ2v) is 1.22. The number of hydrogen-bond acceptors (Lipinski definition) is 1. The SMILES string of the molecule is C/C=C/C=C/C(=O)O.[Ag]. The fourth-order valence-electron chi connectivity index (χ4n) is 0.249. The molecule has 0 bridgehead atoms. The van der Waals surface area contributed by atoms with Crippen molar-refractivity contribution >= 4 is 5.97 Å². The fourth-order valence-corrected chi connectivity index (χ4v) is 0.249. The molecule has 0 heterocycles. The minimum Gasteiger partial charge on any atom is -0.478 e. The standard InChI is InChI=1S/C6H8O2.Ag/c1-2-3-4-5-6(7)8;/h2-5H,1H3,(H,7,8);/b3-2+,5-4+;. The summed E-state index contributed by atoms with van der Waals surface area (Å²) in [4.78, 5) is 9.75. The second kappa shape index (κ2) is 7.69. The third kappa shape index (κ3) is 11.3. The van der Waals surface area contributed by atoms with Crippen LogP contribution in [0.25, 0.3) is 0 Å². The van der Waals surface area contributed by atoms with Crippen LogP contribution in [-0.4, -0.2) is 11.1 Å². The van der Waals surface area contributed by atoms with E-state index in [1.165, 1.54) is 6.08 Å². The van der Waals surface area contributed by atoms with Gasteiger partial charge in [-0.1, -0.05) is 18.2 Å². The van der Waals surface area contributed by atoms with E-state index in [1.807, 2.05) is 6.92 Å². The Bertz CT molecular complexity index is 127. The summed E-state index contributed by atoms with van der Waals surface area (Å²) in [5.41, 5.74) is 0. The van der Waals surface area contributed by atoms with Gasteiger partial charge in [0.05, 0.1) is 0 Å². The number of hydrogen-bond donors (Lipinski definition) is 1. The van der Waals surface area contributed by atoms with Gasteiger partial charge in [-0.05, 0) is 6.92 Å². The summed E-state index contributed by atoms with van der Waals surface area (Å²) in [5, 5.41) is 8.02. The van der Waals surface area contributed by atoms with Crippen LogP contribution in [0.4, 0.5) is 0 Å². The van der Waals surface area contributed by atoms with Crippen LogP contribution in [0.5, 0.6) is 0 Å². The van der Waals surface area contributed by atoms with E-state index in [9.17, 15) is 4.79 Å². The van der Waals surface area contributed by atoms with Gasteiger partial charge in [-0.3, -0.25) is 0 Å². The number of carbonyl (C=O) groups is 1. The molecule has 0 aliphatic carbocycles. The van der Waals surface area contributed by atoms with Crippen LogP contribution in [0, 0.1) is 0 Å². The molecule has 0 fully saturated rings. The number of allylic oxidation sites excluding steroid dienone is 3. The molecule has 0 unspecified atom stereocenters. The number of rotatable bonds is 2. The van der Waals surface area contributed by atoms with Crippen LogP contribution in [0.2, 0.25) is 0 Å². The zero-order valence-corrected chi connectivity index (χ0v) is 6.45. The van der Waals surface area contributed by atoms with E-state index in [4.69, 9.17) is 5.11 Å². The van der Waals surface area contributed by atoms with Gasteiger partial charge in [-0.15, -0.1) is 0 Å². The summed E-state index contributed by atoms with van der Waals surface area (Å²) < 4.78 is 0. The summed E-state index contributed by atoms with van der Waals surface area (Å²) in [5.74, 6) is -0.914. The van der Waals surface area contributed by atoms with E-state index >= 15 is 0 Å². The van der Waals surface area contributed by atoms with Gasteiger partial charge in [0.1, 0.15) is 0 Å². The summed E-state index contributed by atoms with van der Waals surface area (Å²) in [6.07, 6.45) is 5.98. The van der Waals surface area contributed by atoms with E-state index < -0.39 is 5.97 Å². The molecule has 55 valence electrons. The molecule has 0 saturated heterocycles. The predicted octanol–water partition coefficient (Wildman–Crippen LogP) is 1.20. The second-order valence-electron chi connectivity index (χ2n) is 1.22. The van der Waals surface area contributed by atoms with Crippen LogP contribution in [0.1, 0.15) is 6.92 Å². The Hall–Kier alpha value is -0.310. The van der Waals surface area contributed by atoms with E-state index in [-0.39, 0.29) is 22.4 Å². The Balaban J connectivity index is 0. The van der Waals surface area contributed by atoms with Gasteiger partial charge in [-0.2, -0.15) is 0 Å². The van der Waals surface area contributed by atoms with E-state index in [1.54, 1.807) is 12.2 Å². The van der Waals surface area contributed by atoms with Crippen molar-refractivity contribution in [1.29, 1.82) is 0 Å². The van der Waals surface area contributed by atoms with Crippen LogP contribution in [0.15, 0.2) is 24.3 Å². The Kier molecular flexibility index (Phi) is 9.81. The third-order valence-corrected chi connectivity index (χ3v) is 0.542. The Morgan fingerprint density at radius 1 is 1.44 bits per heavy atom. The van der Waals surface area contributed by atoms with Crippen LogP contribution < -0.4 is 0 Å². The van der Waals surface area contributed by atoms with Crippen molar-refractivity contribution in [3.63, 3.8) is 0 Å². The van der Waals surface area contributed by atoms with E-state index in [0.717, 1.165) is 6.08 Å². The van der Waals surface area contributed by atoms with Gasteiger partial charge in [0.15, 0.2) is 0 Å². The molecule has 1 radical (unpaired) electrons. The molecule has 0 amide bonds. The first kappa shape index (κ1) is 11.5. The number of carboxylic acids is 1. The molecule has 0 aromatic carbocycles. The maximum atomic E-state index is 9.75. The molecule has 0 saturated carbocycles. The first-order chi connectivity index (χ1) is 3.77. The normalized spacial score (nSPS) is 9.89. The van der Waals surface area contributed by atoms with Gasteiger partial charge < -0.3 is 5.11 Å². The van der Waals surface area contributed by atoms with Crippen molar-refractivity contribution in [2.45, 2.75) is 6.92 Å². The maximum Gasteiger partial charge on any atom is 0.328 e. The van der Waals surface area contributed by atoms with Gasteiger partial charge in [0, 0.05) is 28.5 Å². The van der Waals surface area contributed by atoms with Crippen molar-refractivity contribution in [2.75, 3.05) is 0 Å². The van der Waals surface area contributed by atoms with Gasteiger partial charge >= 0.3 is 5.97 Å². The molecule has 0 aliphatic rings. The first-order valence-corrected chi connectivity index (χ1v) is 2.29. The van der Waals surface area contributed by atoms with Gasteiger partial charge in [0.2, 0.25) is 0 Å². The van der Waals surface area contributed by atoms with Gasteiger partial charge in [0.25, 0.3) is 0 Å². The Labute approximate surface area is 69.8 Å². The molecular formula is C6H8AgO2. The van der Waals surface area contributed by atoms with Crippen molar-refractivity contribution < 1.29 is 32.3 Å². The monoisotopic (exact) mass is 219 g/mol. The molecule has 0 aromatic heterocycles. The molecule has 1 N–H and O–H groups in total. The maximum absolute atomic E-state index is 9.75. The summed E-state index contributed by atoms with van der Waals surface area (Å²) >= 11 is 0. The van der Waals surface area contributed by atoms with Crippen molar-refractivity contribution in [3.8, 4) is 0 Å². The van der Waals surface area contributed by atoms with Crippen molar-refractivity contribution in [2.24, 2.45) is 0 Å². The summed E-state index contributed by atoms with van der Waals surface area (Å²) in [7, 11) is 0. The number of aliphatic carboxylic acids is 1. The molecule has 0 rings (SSSR count). The first-order valence-electron chi connectivity index (χ1n) is 2.29. The molecule has 0 atom stereocenters. The van der Waals surface area contributed by atoms with E-state index in [2.05, 4.69) is 0 Å². The van der Waals surface area contributed by atoms with Crippen LogP contribution >= 0.6 is 0 Å². The zero-order valence-electron chi connectivity index (χ0n) is 4.97. The third-order valence-electron chi connectivity index (χ3n) is 0.542. The minimum absolute atomic E-state index is 0. The molecule has 0 aromatic rings. The summed E-state index contributed by atoms with van der Waals surface area (Å²) in [6.45, 7) is 1.83. The zero-order chi connectivity index (χ0) is 6.41.